The van der Waals surface area contributed by atoms with Gasteiger partial charge < -0.3 is 10.5 Å². The molecule has 0 aromatic heterocycles. The summed E-state index contributed by atoms with van der Waals surface area (Å²) in [6.45, 7) is 2.01. The van der Waals surface area contributed by atoms with Gasteiger partial charge in [0.25, 0.3) is 0 Å². The van der Waals surface area contributed by atoms with Crippen LogP contribution in [0, 0.1) is 0 Å². The van der Waals surface area contributed by atoms with E-state index in [1.165, 1.54) is 5.56 Å². The molecule has 4 nitrogen and oxygen atoms in total. The van der Waals surface area contributed by atoms with Crippen molar-refractivity contribution in [1.82, 2.24) is 0 Å². The van der Waals surface area contributed by atoms with Crippen LogP contribution in [0.15, 0.2) is 48.5 Å². The maximum atomic E-state index is 12.0. The Morgan fingerprint density at radius 1 is 0.952 bits per heavy atom. The van der Waals surface area contributed by atoms with Crippen LogP contribution in [0.2, 0.25) is 0 Å². The SMILES string of the molecule is CCc1ccc(OC(=O)c2ccc(C(=O)CN)cc2)cc1. The summed E-state index contributed by atoms with van der Waals surface area (Å²) >= 11 is 0. The van der Waals surface area contributed by atoms with Crippen LogP contribution < -0.4 is 10.5 Å². The van der Waals surface area contributed by atoms with E-state index in [0.717, 1.165) is 6.42 Å². The molecule has 0 saturated heterocycles. The average molecular weight is 283 g/mol. The second kappa shape index (κ2) is 6.81. The number of aryl methyl sites for hydroxylation is 1. The minimum Gasteiger partial charge on any atom is -0.423 e. The molecule has 0 aliphatic carbocycles. The van der Waals surface area contributed by atoms with E-state index in [4.69, 9.17) is 10.5 Å². The summed E-state index contributed by atoms with van der Waals surface area (Å²) in [4.78, 5) is 23.4. The van der Waals surface area contributed by atoms with Crippen LogP contribution in [0.25, 0.3) is 0 Å². The summed E-state index contributed by atoms with van der Waals surface area (Å²) < 4.78 is 5.28. The quantitative estimate of drug-likeness (QED) is 0.520. The summed E-state index contributed by atoms with van der Waals surface area (Å²) in [5, 5.41) is 0. The Kier molecular flexibility index (Phi) is 4.85. The molecule has 108 valence electrons. The fourth-order valence-corrected chi connectivity index (χ4v) is 1.87. The number of Topliss-reactive ketones (excluding diaryl/α,β-unsaturated/α-hetero) is 1. The summed E-state index contributed by atoms with van der Waals surface area (Å²) in [6.07, 6.45) is 0.935. The molecule has 2 N–H and O–H groups in total. The molecule has 0 heterocycles. The summed E-state index contributed by atoms with van der Waals surface area (Å²) in [5.74, 6) is -0.115. The Morgan fingerprint density at radius 2 is 1.52 bits per heavy atom. The summed E-state index contributed by atoms with van der Waals surface area (Å²) in [5.41, 5.74) is 7.35. The summed E-state index contributed by atoms with van der Waals surface area (Å²) in [6, 6.07) is 13.7. The number of ether oxygens (including phenoxy) is 1. The lowest BCUT2D eigenvalue weighted by molar-refractivity contribution is 0.0734. The van der Waals surface area contributed by atoms with Gasteiger partial charge in [0.05, 0.1) is 12.1 Å². The lowest BCUT2D eigenvalue weighted by atomic mass is 10.1. The number of nitrogens with two attached hydrogens (primary N) is 1. The molecule has 0 saturated carbocycles. The van der Waals surface area contributed by atoms with Crippen molar-refractivity contribution in [2.24, 2.45) is 5.73 Å². The maximum absolute atomic E-state index is 12.0. The van der Waals surface area contributed by atoms with E-state index in [-0.39, 0.29) is 12.3 Å². The third-order valence-corrected chi connectivity index (χ3v) is 3.17. The highest BCUT2D eigenvalue weighted by Crippen LogP contribution is 2.15. The van der Waals surface area contributed by atoms with E-state index in [2.05, 4.69) is 6.92 Å². The van der Waals surface area contributed by atoms with Gasteiger partial charge in [-0.25, -0.2) is 4.79 Å². The molecule has 0 atom stereocenters. The minimum atomic E-state index is -0.453. The number of benzene rings is 2. The largest absolute Gasteiger partial charge is 0.423 e. The van der Waals surface area contributed by atoms with Crippen molar-refractivity contribution >= 4 is 11.8 Å². The molecule has 0 spiro atoms. The average Bonchev–Trinajstić information content (AvgIpc) is 2.55. The Hall–Kier alpha value is -2.46. The number of hydrogen-bond acceptors (Lipinski definition) is 4. The van der Waals surface area contributed by atoms with Gasteiger partial charge in [0, 0.05) is 5.56 Å². The van der Waals surface area contributed by atoms with Gasteiger partial charge in [-0.1, -0.05) is 31.2 Å². The zero-order valence-corrected chi connectivity index (χ0v) is 11.8. The van der Waals surface area contributed by atoms with Crippen LogP contribution in [-0.4, -0.2) is 18.3 Å². The van der Waals surface area contributed by atoms with Crippen LogP contribution in [0.3, 0.4) is 0 Å². The highest BCUT2D eigenvalue weighted by atomic mass is 16.5. The molecule has 0 bridgehead atoms. The van der Waals surface area contributed by atoms with Gasteiger partial charge in [-0.3, -0.25) is 4.79 Å². The molecule has 0 fully saturated rings. The van der Waals surface area contributed by atoms with Crippen LogP contribution in [0.1, 0.15) is 33.2 Å². The van der Waals surface area contributed by atoms with Crippen molar-refractivity contribution in [3.63, 3.8) is 0 Å². The van der Waals surface area contributed by atoms with E-state index in [9.17, 15) is 9.59 Å². The molecule has 4 heteroatoms. The van der Waals surface area contributed by atoms with E-state index in [0.29, 0.717) is 16.9 Å². The summed E-state index contributed by atoms with van der Waals surface area (Å²) in [7, 11) is 0. The van der Waals surface area contributed by atoms with Crippen LogP contribution in [0.4, 0.5) is 0 Å². The molecule has 2 aromatic rings. The Morgan fingerprint density at radius 3 is 2.05 bits per heavy atom. The van der Waals surface area contributed by atoms with Crippen molar-refractivity contribution < 1.29 is 14.3 Å². The van der Waals surface area contributed by atoms with Crippen LogP contribution >= 0.6 is 0 Å². The van der Waals surface area contributed by atoms with Crippen molar-refractivity contribution in [2.45, 2.75) is 13.3 Å². The molecule has 2 rings (SSSR count). The number of hydrogen-bond donors (Lipinski definition) is 1. The first-order valence-electron chi connectivity index (χ1n) is 6.78. The lowest BCUT2D eigenvalue weighted by Crippen LogP contribution is -2.14. The molecule has 0 amide bonds. The van der Waals surface area contributed by atoms with Gasteiger partial charge in [-0.05, 0) is 36.2 Å². The van der Waals surface area contributed by atoms with E-state index in [1.54, 1.807) is 36.4 Å². The number of rotatable bonds is 5. The molecule has 2 aromatic carbocycles. The fraction of sp³-hybridized carbons (Fsp3) is 0.176. The van der Waals surface area contributed by atoms with Crippen LogP contribution in [0.5, 0.6) is 5.75 Å². The Labute approximate surface area is 123 Å². The Balaban J connectivity index is 2.07. The normalized spacial score (nSPS) is 10.2. The standard InChI is InChI=1S/C17H17NO3/c1-2-12-3-9-15(10-4-12)21-17(20)14-7-5-13(6-8-14)16(19)11-18/h3-10H,2,11,18H2,1H3. The number of carbonyl (C=O) groups excluding carboxylic acids is 2. The van der Waals surface area contributed by atoms with Crippen molar-refractivity contribution in [1.29, 1.82) is 0 Å². The van der Waals surface area contributed by atoms with Crippen molar-refractivity contribution in [3.05, 3.63) is 65.2 Å². The first-order valence-corrected chi connectivity index (χ1v) is 6.78. The predicted molar refractivity (Wildman–Crippen MR) is 80.6 cm³/mol. The molecular weight excluding hydrogens is 266 g/mol. The Bertz CT molecular complexity index is 630. The molecular formula is C17H17NO3. The van der Waals surface area contributed by atoms with E-state index < -0.39 is 5.97 Å². The van der Waals surface area contributed by atoms with Crippen molar-refractivity contribution in [2.75, 3.05) is 6.54 Å². The fourth-order valence-electron chi connectivity index (χ4n) is 1.87. The van der Waals surface area contributed by atoms with Gasteiger partial charge in [-0.2, -0.15) is 0 Å². The third kappa shape index (κ3) is 3.77. The van der Waals surface area contributed by atoms with E-state index >= 15 is 0 Å². The van der Waals surface area contributed by atoms with Crippen LogP contribution in [-0.2, 0) is 6.42 Å². The van der Waals surface area contributed by atoms with Gasteiger partial charge in [-0.15, -0.1) is 0 Å². The first kappa shape index (κ1) is 14.9. The molecule has 0 aliphatic heterocycles. The number of esters is 1. The second-order valence-corrected chi connectivity index (χ2v) is 4.59. The maximum Gasteiger partial charge on any atom is 0.343 e. The third-order valence-electron chi connectivity index (χ3n) is 3.17. The zero-order chi connectivity index (χ0) is 15.2. The van der Waals surface area contributed by atoms with Gasteiger partial charge >= 0.3 is 5.97 Å². The van der Waals surface area contributed by atoms with Gasteiger partial charge in [0.15, 0.2) is 5.78 Å². The molecule has 21 heavy (non-hydrogen) atoms. The lowest BCUT2D eigenvalue weighted by Gasteiger charge is -2.06. The minimum absolute atomic E-state index is 0.0480. The predicted octanol–water partition coefficient (Wildman–Crippen LogP) is 2.61. The number of ketones is 1. The molecule has 0 aliphatic rings. The first-order chi connectivity index (χ1) is 10.1. The topological polar surface area (TPSA) is 69.4 Å². The van der Waals surface area contributed by atoms with Gasteiger partial charge in [0.1, 0.15) is 5.75 Å². The van der Waals surface area contributed by atoms with E-state index in [1.807, 2.05) is 12.1 Å². The monoisotopic (exact) mass is 283 g/mol. The highest BCUT2D eigenvalue weighted by molar-refractivity contribution is 5.99. The number of carbonyl (C=O) groups is 2. The highest BCUT2D eigenvalue weighted by Gasteiger charge is 2.10. The zero-order valence-electron chi connectivity index (χ0n) is 11.8. The van der Waals surface area contributed by atoms with Crippen molar-refractivity contribution in [3.8, 4) is 5.75 Å². The molecule has 0 unspecified atom stereocenters. The molecule has 0 radical (unpaired) electrons. The smallest absolute Gasteiger partial charge is 0.343 e. The van der Waals surface area contributed by atoms with Gasteiger partial charge in [0.2, 0.25) is 0 Å². The second-order valence-electron chi connectivity index (χ2n) is 4.59.